The Morgan fingerprint density at radius 2 is 1.92 bits per heavy atom. The van der Waals surface area contributed by atoms with Crippen molar-refractivity contribution in [3.8, 4) is 5.69 Å². The van der Waals surface area contributed by atoms with E-state index in [0.717, 1.165) is 22.0 Å². The Kier molecular flexibility index (Phi) is 6.39. The first-order chi connectivity index (χ1) is 17.4. The summed E-state index contributed by atoms with van der Waals surface area (Å²) in [5, 5.41) is 15.8. The highest BCUT2D eigenvalue weighted by Crippen LogP contribution is 2.55. The Balaban J connectivity index is 1.64. The Morgan fingerprint density at radius 1 is 1.19 bits per heavy atom. The van der Waals surface area contributed by atoms with Gasteiger partial charge in [0, 0.05) is 17.3 Å². The normalized spacial score (nSPS) is 26.5. The number of sulfonamides is 1. The van der Waals surface area contributed by atoms with E-state index in [1.165, 1.54) is 19.1 Å². The Bertz CT molecular complexity index is 1420. The second kappa shape index (κ2) is 9.06. The van der Waals surface area contributed by atoms with Gasteiger partial charge in [-0.15, -0.1) is 0 Å². The van der Waals surface area contributed by atoms with Gasteiger partial charge in [-0.2, -0.15) is 18.3 Å². The number of fused-ring (bicyclic) bond motifs is 4. The van der Waals surface area contributed by atoms with E-state index in [-0.39, 0.29) is 24.5 Å². The van der Waals surface area contributed by atoms with Gasteiger partial charge in [-0.3, -0.25) is 0 Å². The molecule has 6 nitrogen and oxygen atoms in total. The Morgan fingerprint density at radius 3 is 2.59 bits per heavy atom. The molecule has 2 aromatic carbocycles. The molecule has 1 aromatic heterocycles. The van der Waals surface area contributed by atoms with E-state index < -0.39 is 46.0 Å². The standard InChI is InChI=1S/C26H29F4N3O3S/c1-2-37(35,36)32-16-24-10-11-25(34,26(28,29)30)14-19(24)5-3-4-17-13-23-18(12-22(17)24)15-31-33(23)21-8-6-20(27)7-9-21/h6-9,12-13,15,19,32,34H,2-5,10-11,14,16H2,1H3/t19-,24+,25-/m1/s1. The van der Waals surface area contributed by atoms with Crippen LogP contribution in [0.15, 0.2) is 42.6 Å². The minimum atomic E-state index is -4.77. The van der Waals surface area contributed by atoms with Crippen molar-refractivity contribution in [3.05, 3.63) is 59.5 Å². The summed E-state index contributed by atoms with van der Waals surface area (Å²) in [5.74, 6) is -1.08. The number of rotatable bonds is 5. The first kappa shape index (κ1) is 26.1. The number of hydrogen-bond acceptors (Lipinski definition) is 4. The van der Waals surface area contributed by atoms with Gasteiger partial charge in [0.15, 0.2) is 5.60 Å². The van der Waals surface area contributed by atoms with Crippen LogP contribution < -0.4 is 4.72 Å². The molecule has 1 heterocycles. The number of aliphatic hydroxyl groups is 1. The predicted octanol–water partition coefficient (Wildman–Crippen LogP) is 4.77. The van der Waals surface area contributed by atoms with E-state index in [9.17, 15) is 31.1 Å². The van der Waals surface area contributed by atoms with Crippen molar-refractivity contribution in [3.63, 3.8) is 0 Å². The fraction of sp³-hybridized carbons (Fsp3) is 0.500. The first-order valence-electron chi connectivity index (χ1n) is 12.4. The summed E-state index contributed by atoms with van der Waals surface area (Å²) in [6.45, 7) is 1.47. The number of hydrogen-bond donors (Lipinski definition) is 2. The van der Waals surface area contributed by atoms with Gasteiger partial charge in [0.1, 0.15) is 5.82 Å². The molecule has 0 bridgehead atoms. The van der Waals surface area contributed by atoms with Gasteiger partial charge in [-0.25, -0.2) is 22.2 Å². The van der Waals surface area contributed by atoms with Gasteiger partial charge in [0.25, 0.3) is 0 Å². The molecule has 11 heteroatoms. The van der Waals surface area contributed by atoms with Crippen LogP contribution in [0.4, 0.5) is 17.6 Å². The maximum absolute atomic E-state index is 13.8. The number of aromatic nitrogens is 2. The van der Waals surface area contributed by atoms with Crippen LogP contribution in [0.25, 0.3) is 16.6 Å². The predicted molar refractivity (Wildman–Crippen MR) is 131 cm³/mol. The number of benzene rings is 2. The van der Waals surface area contributed by atoms with E-state index in [1.54, 1.807) is 23.0 Å². The molecule has 2 aliphatic rings. The second-order valence-corrected chi connectivity index (χ2v) is 12.4. The molecule has 0 spiro atoms. The van der Waals surface area contributed by atoms with Gasteiger partial charge in [0.05, 0.1) is 23.2 Å². The van der Waals surface area contributed by atoms with Crippen molar-refractivity contribution >= 4 is 20.9 Å². The third-order valence-electron chi connectivity index (χ3n) is 8.26. The van der Waals surface area contributed by atoms with Crippen LogP contribution in [-0.2, 0) is 21.9 Å². The molecular weight excluding hydrogens is 510 g/mol. The smallest absolute Gasteiger partial charge is 0.380 e. The molecule has 0 aliphatic heterocycles. The average Bonchev–Trinajstić information content (AvgIpc) is 3.19. The fourth-order valence-corrected chi connectivity index (χ4v) is 6.79. The molecule has 37 heavy (non-hydrogen) atoms. The number of nitrogens with one attached hydrogen (secondary N) is 1. The zero-order chi connectivity index (χ0) is 26.6. The highest BCUT2D eigenvalue weighted by molar-refractivity contribution is 7.89. The molecule has 5 rings (SSSR count). The molecule has 0 unspecified atom stereocenters. The first-order valence-corrected chi connectivity index (χ1v) is 14.1. The van der Waals surface area contributed by atoms with Crippen LogP contribution in [0.3, 0.4) is 0 Å². The highest BCUT2D eigenvalue weighted by Gasteiger charge is 2.61. The quantitative estimate of drug-likeness (QED) is 0.458. The van der Waals surface area contributed by atoms with Crippen LogP contribution in [0.5, 0.6) is 0 Å². The van der Waals surface area contributed by atoms with Crippen molar-refractivity contribution in [2.45, 2.75) is 62.6 Å². The van der Waals surface area contributed by atoms with E-state index in [2.05, 4.69) is 9.82 Å². The maximum Gasteiger partial charge on any atom is 0.417 e. The number of halogens is 4. The molecule has 0 radical (unpaired) electrons. The van der Waals surface area contributed by atoms with Crippen molar-refractivity contribution in [2.24, 2.45) is 5.92 Å². The lowest BCUT2D eigenvalue weighted by Crippen LogP contribution is -2.57. The van der Waals surface area contributed by atoms with Crippen LogP contribution in [-0.4, -0.2) is 47.4 Å². The lowest BCUT2D eigenvalue weighted by molar-refractivity contribution is -0.279. The third kappa shape index (κ3) is 4.55. The van der Waals surface area contributed by atoms with Crippen LogP contribution in [0.1, 0.15) is 50.2 Å². The van der Waals surface area contributed by atoms with Gasteiger partial charge >= 0.3 is 6.18 Å². The second-order valence-electron chi connectivity index (χ2n) is 10.3. The van der Waals surface area contributed by atoms with Crippen molar-refractivity contribution in [2.75, 3.05) is 12.3 Å². The van der Waals surface area contributed by atoms with E-state index in [1.807, 2.05) is 12.1 Å². The summed E-state index contributed by atoms with van der Waals surface area (Å²) in [7, 11) is -3.61. The molecule has 1 saturated carbocycles. The lowest BCUT2D eigenvalue weighted by Gasteiger charge is -2.50. The summed E-state index contributed by atoms with van der Waals surface area (Å²) < 4.78 is 84.1. The molecule has 3 atom stereocenters. The Hall–Kier alpha value is -2.50. The molecule has 0 saturated heterocycles. The van der Waals surface area contributed by atoms with Crippen LogP contribution >= 0.6 is 0 Å². The van der Waals surface area contributed by atoms with E-state index in [4.69, 9.17) is 0 Å². The van der Waals surface area contributed by atoms with Crippen molar-refractivity contribution < 1.29 is 31.1 Å². The van der Waals surface area contributed by atoms with Gasteiger partial charge in [-0.05, 0) is 98.9 Å². The molecular formula is C26H29F4N3O3S. The van der Waals surface area contributed by atoms with Gasteiger partial charge < -0.3 is 5.11 Å². The van der Waals surface area contributed by atoms with Gasteiger partial charge in [-0.1, -0.05) is 0 Å². The average molecular weight is 540 g/mol. The van der Waals surface area contributed by atoms with Crippen molar-refractivity contribution in [1.29, 1.82) is 0 Å². The lowest BCUT2D eigenvalue weighted by atomic mass is 9.58. The molecule has 2 N–H and O–H groups in total. The minimum absolute atomic E-state index is 0.00941. The summed E-state index contributed by atoms with van der Waals surface area (Å²) in [6.07, 6.45) is -2.47. The molecule has 3 aromatic rings. The zero-order valence-corrected chi connectivity index (χ0v) is 21.2. The highest BCUT2D eigenvalue weighted by atomic mass is 32.2. The fourth-order valence-electron chi connectivity index (χ4n) is 6.11. The summed E-state index contributed by atoms with van der Waals surface area (Å²) >= 11 is 0. The summed E-state index contributed by atoms with van der Waals surface area (Å²) in [6, 6.07) is 9.79. The van der Waals surface area contributed by atoms with Crippen molar-refractivity contribution in [1.82, 2.24) is 14.5 Å². The van der Waals surface area contributed by atoms with Gasteiger partial charge in [0.2, 0.25) is 10.0 Å². The number of alkyl halides is 3. The molecule has 200 valence electrons. The third-order valence-corrected chi connectivity index (χ3v) is 9.61. The molecule has 2 aliphatic carbocycles. The molecule has 0 amide bonds. The number of aryl methyl sites for hydroxylation is 1. The monoisotopic (exact) mass is 539 g/mol. The van der Waals surface area contributed by atoms with Crippen LogP contribution in [0, 0.1) is 11.7 Å². The van der Waals surface area contributed by atoms with E-state index in [0.29, 0.717) is 24.9 Å². The number of nitrogens with zero attached hydrogens (tertiary/aromatic N) is 2. The van der Waals surface area contributed by atoms with E-state index >= 15 is 0 Å². The largest absolute Gasteiger partial charge is 0.417 e. The topological polar surface area (TPSA) is 84.2 Å². The SMILES string of the molecule is CCS(=O)(=O)NC[C@@]12CC[C@](O)(C(F)(F)F)C[C@H]1CCCc1cc3c(cnn3-c3ccc(F)cc3)cc12. The molecule has 1 fully saturated rings. The maximum atomic E-state index is 13.8. The minimum Gasteiger partial charge on any atom is -0.380 e. The summed E-state index contributed by atoms with van der Waals surface area (Å²) in [4.78, 5) is 0. The Labute approximate surface area is 212 Å². The summed E-state index contributed by atoms with van der Waals surface area (Å²) in [5.41, 5.74) is -0.530. The zero-order valence-electron chi connectivity index (χ0n) is 20.4. The van der Waals surface area contributed by atoms with Crippen LogP contribution in [0.2, 0.25) is 0 Å².